The first-order valence-electron chi connectivity index (χ1n) is 4.28. The van der Waals surface area contributed by atoms with Gasteiger partial charge in [-0.25, -0.2) is 0 Å². The summed E-state index contributed by atoms with van der Waals surface area (Å²) >= 11 is 11.5. The maximum absolute atomic E-state index is 5.91. The minimum absolute atomic E-state index is 0.738. The molecule has 1 heterocycles. The predicted molar refractivity (Wildman–Crippen MR) is 73.2 cm³/mol. The third kappa shape index (κ3) is 2.95. The molecule has 1 aromatic carbocycles. The molecule has 2 rings (SSSR count). The smallest absolute Gasteiger partial charge is 0.137 e. The Morgan fingerprint density at radius 1 is 1.47 bits per heavy atom. The van der Waals surface area contributed by atoms with Gasteiger partial charge in [0.05, 0.1) is 11.0 Å². The average molecular weight is 397 g/mol. The van der Waals surface area contributed by atoms with E-state index in [-0.39, 0.29) is 0 Å². The molecule has 2 nitrogen and oxygen atoms in total. The van der Waals surface area contributed by atoms with Crippen LogP contribution in [0.25, 0.3) is 0 Å². The fourth-order valence-electron chi connectivity index (χ4n) is 1.28. The number of aromatic nitrogens is 2. The summed E-state index contributed by atoms with van der Waals surface area (Å²) in [5.74, 6) is 0. The van der Waals surface area contributed by atoms with E-state index < -0.39 is 0 Å². The van der Waals surface area contributed by atoms with Crippen LogP contribution in [0.5, 0.6) is 0 Å². The van der Waals surface area contributed by atoms with Gasteiger partial charge in [0.15, 0.2) is 0 Å². The Hall–Kier alpha value is -0.0700. The van der Waals surface area contributed by atoms with Crippen LogP contribution < -0.4 is 0 Å². The van der Waals surface area contributed by atoms with Gasteiger partial charge in [-0.3, -0.25) is 4.68 Å². The summed E-state index contributed by atoms with van der Waals surface area (Å²) in [6.07, 6.45) is 1.96. The standard InChI is InChI=1S/C10H7BrClIN2/c11-9-6-15(14-10(9)13)5-7-2-1-3-8(12)4-7/h1-4,6H,5H2. The Bertz CT molecular complexity index is 465. The highest BCUT2D eigenvalue weighted by molar-refractivity contribution is 14.1. The van der Waals surface area contributed by atoms with E-state index in [4.69, 9.17) is 11.6 Å². The number of hydrogen-bond donors (Lipinski definition) is 0. The largest absolute Gasteiger partial charge is 0.266 e. The lowest BCUT2D eigenvalue weighted by molar-refractivity contribution is 0.681. The van der Waals surface area contributed by atoms with E-state index >= 15 is 0 Å². The van der Waals surface area contributed by atoms with Crippen LogP contribution in [0.3, 0.4) is 0 Å². The Balaban J connectivity index is 2.22. The Labute approximate surface area is 115 Å². The van der Waals surface area contributed by atoms with E-state index in [0.29, 0.717) is 0 Å². The van der Waals surface area contributed by atoms with Crippen LogP contribution in [0, 0.1) is 3.70 Å². The van der Waals surface area contributed by atoms with Gasteiger partial charge < -0.3 is 0 Å². The molecule has 0 saturated carbocycles. The van der Waals surface area contributed by atoms with Gasteiger partial charge in [-0.05, 0) is 56.2 Å². The molecule has 0 fully saturated rings. The predicted octanol–water partition coefficient (Wildman–Crippen LogP) is 3.95. The summed E-state index contributed by atoms with van der Waals surface area (Å²) in [7, 11) is 0. The molecule has 5 heteroatoms. The zero-order chi connectivity index (χ0) is 10.8. The molecule has 0 unspecified atom stereocenters. The van der Waals surface area contributed by atoms with E-state index in [1.165, 1.54) is 0 Å². The molecule has 0 radical (unpaired) electrons. The highest BCUT2D eigenvalue weighted by Crippen LogP contribution is 2.18. The molecule has 0 amide bonds. The van der Waals surface area contributed by atoms with Gasteiger partial charge >= 0.3 is 0 Å². The summed E-state index contributed by atoms with van der Waals surface area (Å²) in [5, 5.41) is 5.11. The first-order chi connectivity index (χ1) is 7.15. The molecule has 15 heavy (non-hydrogen) atoms. The number of halogens is 3. The van der Waals surface area contributed by atoms with E-state index in [1.54, 1.807) is 0 Å². The number of rotatable bonds is 2. The van der Waals surface area contributed by atoms with Crippen molar-refractivity contribution < 1.29 is 0 Å². The van der Waals surface area contributed by atoms with Crippen LogP contribution in [0.4, 0.5) is 0 Å². The summed E-state index contributed by atoms with van der Waals surface area (Å²) in [6, 6.07) is 7.80. The van der Waals surface area contributed by atoms with Gasteiger partial charge in [0.25, 0.3) is 0 Å². The lowest BCUT2D eigenvalue weighted by atomic mass is 10.2. The highest BCUT2D eigenvalue weighted by atomic mass is 127. The minimum atomic E-state index is 0.738. The highest BCUT2D eigenvalue weighted by Gasteiger charge is 2.03. The molecule has 1 aromatic heterocycles. The number of nitrogens with zero attached hydrogens (tertiary/aromatic N) is 2. The Morgan fingerprint density at radius 3 is 2.87 bits per heavy atom. The van der Waals surface area contributed by atoms with Crippen molar-refractivity contribution in [1.29, 1.82) is 0 Å². The summed E-state index contributed by atoms with van der Waals surface area (Å²) in [6.45, 7) is 0.738. The second kappa shape index (κ2) is 4.84. The maximum atomic E-state index is 5.91. The normalized spacial score (nSPS) is 10.6. The lowest BCUT2D eigenvalue weighted by Gasteiger charge is -2.01. The summed E-state index contributed by atoms with van der Waals surface area (Å²) in [4.78, 5) is 0. The molecular formula is C10H7BrClIN2. The maximum Gasteiger partial charge on any atom is 0.137 e. The molecule has 0 atom stereocenters. The van der Waals surface area contributed by atoms with Gasteiger partial charge in [0.2, 0.25) is 0 Å². The zero-order valence-electron chi connectivity index (χ0n) is 7.62. The van der Waals surface area contributed by atoms with Crippen LogP contribution in [-0.2, 0) is 6.54 Å². The van der Waals surface area contributed by atoms with Crippen LogP contribution in [-0.4, -0.2) is 9.78 Å². The molecule has 0 bridgehead atoms. The van der Waals surface area contributed by atoms with Gasteiger partial charge in [-0.1, -0.05) is 23.7 Å². The van der Waals surface area contributed by atoms with E-state index in [0.717, 1.165) is 25.3 Å². The first kappa shape index (κ1) is 11.4. The van der Waals surface area contributed by atoms with Gasteiger partial charge in [0.1, 0.15) is 3.70 Å². The van der Waals surface area contributed by atoms with E-state index in [9.17, 15) is 0 Å². The summed E-state index contributed by atoms with van der Waals surface area (Å²) in [5.41, 5.74) is 1.15. The fraction of sp³-hybridized carbons (Fsp3) is 0.100. The first-order valence-corrected chi connectivity index (χ1v) is 6.53. The van der Waals surface area contributed by atoms with Crippen molar-refractivity contribution in [2.24, 2.45) is 0 Å². The van der Waals surface area contributed by atoms with E-state index in [1.807, 2.05) is 35.1 Å². The van der Waals surface area contributed by atoms with Crippen molar-refractivity contribution in [3.8, 4) is 0 Å². The number of benzene rings is 1. The molecular weight excluding hydrogens is 390 g/mol. The van der Waals surface area contributed by atoms with Crippen LogP contribution in [0.1, 0.15) is 5.56 Å². The quantitative estimate of drug-likeness (QED) is 0.702. The van der Waals surface area contributed by atoms with E-state index in [2.05, 4.69) is 43.6 Å². The second-order valence-corrected chi connectivity index (χ2v) is 5.41. The van der Waals surface area contributed by atoms with Gasteiger partial charge in [-0.2, -0.15) is 5.10 Å². The number of hydrogen-bond acceptors (Lipinski definition) is 1. The topological polar surface area (TPSA) is 17.8 Å². The van der Waals surface area contributed by atoms with Gasteiger partial charge in [0, 0.05) is 11.2 Å². The van der Waals surface area contributed by atoms with Crippen molar-refractivity contribution >= 4 is 50.1 Å². The van der Waals surface area contributed by atoms with Crippen molar-refractivity contribution in [1.82, 2.24) is 9.78 Å². The molecule has 78 valence electrons. The lowest BCUT2D eigenvalue weighted by Crippen LogP contribution is -2.00. The average Bonchev–Trinajstić information content (AvgIpc) is 2.45. The van der Waals surface area contributed by atoms with Gasteiger partial charge in [-0.15, -0.1) is 0 Å². The minimum Gasteiger partial charge on any atom is -0.266 e. The van der Waals surface area contributed by atoms with Crippen LogP contribution >= 0.6 is 50.1 Å². The Kier molecular flexibility index (Phi) is 3.69. The van der Waals surface area contributed by atoms with Crippen molar-refractivity contribution in [3.63, 3.8) is 0 Å². The molecule has 0 spiro atoms. The van der Waals surface area contributed by atoms with Crippen molar-refractivity contribution in [2.45, 2.75) is 6.54 Å². The van der Waals surface area contributed by atoms with Crippen molar-refractivity contribution in [3.05, 3.63) is 49.2 Å². The monoisotopic (exact) mass is 396 g/mol. The SMILES string of the molecule is Clc1cccc(Cn2cc(Br)c(I)n2)c1. The molecule has 0 N–H and O–H groups in total. The molecule has 0 aliphatic carbocycles. The summed E-state index contributed by atoms with van der Waals surface area (Å²) < 4.78 is 3.87. The Morgan fingerprint density at radius 2 is 2.27 bits per heavy atom. The third-order valence-corrected chi connectivity index (χ3v) is 4.26. The molecule has 0 saturated heterocycles. The zero-order valence-corrected chi connectivity index (χ0v) is 12.1. The van der Waals surface area contributed by atoms with Crippen LogP contribution in [0.15, 0.2) is 34.9 Å². The molecule has 0 aliphatic rings. The second-order valence-electron chi connectivity index (χ2n) is 3.10. The molecule has 2 aromatic rings. The van der Waals surface area contributed by atoms with Crippen molar-refractivity contribution in [2.75, 3.05) is 0 Å². The fourth-order valence-corrected chi connectivity index (χ4v) is 2.22. The van der Waals surface area contributed by atoms with Crippen LogP contribution in [0.2, 0.25) is 5.02 Å². The molecule has 0 aliphatic heterocycles. The third-order valence-electron chi connectivity index (χ3n) is 1.91.